The Hall–Kier alpha value is -2.95. The van der Waals surface area contributed by atoms with Crippen molar-refractivity contribution in [1.82, 2.24) is 0 Å². The van der Waals surface area contributed by atoms with Crippen LogP contribution in [0.2, 0.25) is 0 Å². The summed E-state index contributed by atoms with van der Waals surface area (Å²) >= 11 is 0. The first-order valence-electron chi connectivity index (χ1n) is 6.39. The zero-order valence-corrected chi connectivity index (χ0v) is 11.1. The van der Waals surface area contributed by atoms with Gasteiger partial charge in [0.05, 0.1) is 5.69 Å². The molecule has 5 heteroatoms. The normalized spacial score (nSPS) is 12.6. The molecule has 1 heterocycles. The lowest BCUT2D eigenvalue weighted by molar-refractivity contribution is 0.104. The number of para-hydroxylation sites is 2. The number of carbonyl (C=O) groups is 1. The van der Waals surface area contributed by atoms with Gasteiger partial charge in [0.25, 0.3) is 0 Å². The van der Waals surface area contributed by atoms with Crippen LogP contribution in [0.5, 0.6) is 17.2 Å². The fraction of sp³-hybridized carbons (Fsp3) is 0.0625. The molecule has 106 valence electrons. The average Bonchev–Trinajstić information content (AvgIpc) is 2.96. The Morgan fingerprint density at radius 1 is 1.14 bits per heavy atom. The second-order valence-corrected chi connectivity index (χ2v) is 4.43. The van der Waals surface area contributed by atoms with Crippen LogP contribution in [0.3, 0.4) is 0 Å². The number of allylic oxidation sites excluding steroid dienone is 1. The van der Waals surface area contributed by atoms with Crippen LogP contribution in [0.1, 0.15) is 10.4 Å². The van der Waals surface area contributed by atoms with Gasteiger partial charge < -0.3 is 19.9 Å². The number of hydrogen-bond acceptors (Lipinski definition) is 5. The monoisotopic (exact) mass is 283 g/mol. The van der Waals surface area contributed by atoms with Crippen molar-refractivity contribution in [3.8, 4) is 17.2 Å². The highest BCUT2D eigenvalue weighted by molar-refractivity contribution is 6.05. The number of fused-ring (bicyclic) bond motifs is 1. The van der Waals surface area contributed by atoms with E-state index in [-0.39, 0.29) is 18.3 Å². The first-order chi connectivity index (χ1) is 10.2. The summed E-state index contributed by atoms with van der Waals surface area (Å²) in [6, 6.07) is 11.8. The number of rotatable bonds is 4. The predicted molar refractivity (Wildman–Crippen MR) is 77.8 cm³/mol. The molecule has 0 saturated carbocycles. The Morgan fingerprint density at radius 2 is 1.95 bits per heavy atom. The summed E-state index contributed by atoms with van der Waals surface area (Å²) in [5, 5.41) is 12.4. The van der Waals surface area contributed by atoms with E-state index in [1.54, 1.807) is 42.5 Å². The Labute approximate surface area is 121 Å². The molecule has 5 nitrogen and oxygen atoms in total. The van der Waals surface area contributed by atoms with Gasteiger partial charge in [-0.3, -0.25) is 4.79 Å². The molecule has 2 aromatic carbocycles. The van der Waals surface area contributed by atoms with Gasteiger partial charge in [-0.05, 0) is 30.3 Å². The lowest BCUT2D eigenvalue weighted by Crippen LogP contribution is -1.96. The van der Waals surface area contributed by atoms with Crippen LogP contribution in [0.4, 0.5) is 5.69 Å². The number of hydrogen-bond donors (Lipinski definition) is 2. The fourth-order valence-electron chi connectivity index (χ4n) is 1.95. The minimum absolute atomic E-state index is 0.123. The van der Waals surface area contributed by atoms with E-state index in [9.17, 15) is 9.90 Å². The predicted octanol–water partition coefficient (Wildman–Crippen LogP) is 2.93. The SMILES string of the molecule is O=C(C=CNc1ccccc1O)c1ccc2c(c1)OCO2. The Bertz CT molecular complexity index is 709. The lowest BCUT2D eigenvalue weighted by Gasteiger charge is -2.03. The number of benzene rings is 2. The van der Waals surface area contributed by atoms with Crippen molar-refractivity contribution >= 4 is 11.5 Å². The molecular weight excluding hydrogens is 270 g/mol. The molecule has 2 aromatic rings. The molecular formula is C16H13NO4. The average molecular weight is 283 g/mol. The Morgan fingerprint density at radius 3 is 2.81 bits per heavy atom. The third kappa shape index (κ3) is 2.81. The van der Waals surface area contributed by atoms with E-state index < -0.39 is 0 Å². The molecule has 0 aromatic heterocycles. The van der Waals surface area contributed by atoms with Crippen LogP contribution in [0.25, 0.3) is 0 Å². The summed E-state index contributed by atoms with van der Waals surface area (Å²) in [4.78, 5) is 12.0. The molecule has 0 amide bonds. The maximum absolute atomic E-state index is 12.0. The Balaban J connectivity index is 1.69. The van der Waals surface area contributed by atoms with Crippen molar-refractivity contribution in [3.63, 3.8) is 0 Å². The van der Waals surface area contributed by atoms with Gasteiger partial charge in [-0.25, -0.2) is 0 Å². The number of aromatic hydroxyl groups is 1. The molecule has 0 radical (unpaired) electrons. The van der Waals surface area contributed by atoms with Crippen molar-refractivity contribution in [2.75, 3.05) is 12.1 Å². The van der Waals surface area contributed by atoms with E-state index in [2.05, 4.69) is 5.32 Å². The summed E-state index contributed by atoms with van der Waals surface area (Å²) < 4.78 is 10.4. The van der Waals surface area contributed by atoms with Crippen LogP contribution in [0, 0.1) is 0 Å². The molecule has 3 rings (SSSR count). The van der Waals surface area contributed by atoms with Gasteiger partial charge in [0.15, 0.2) is 17.3 Å². The van der Waals surface area contributed by atoms with Crippen LogP contribution in [0.15, 0.2) is 54.7 Å². The number of ether oxygens (including phenoxy) is 2. The Kier molecular flexibility index (Phi) is 3.47. The molecule has 0 spiro atoms. The zero-order chi connectivity index (χ0) is 14.7. The molecule has 21 heavy (non-hydrogen) atoms. The summed E-state index contributed by atoms with van der Waals surface area (Å²) in [5.41, 5.74) is 1.04. The van der Waals surface area contributed by atoms with Crippen molar-refractivity contribution in [1.29, 1.82) is 0 Å². The van der Waals surface area contributed by atoms with Gasteiger partial charge in [0.1, 0.15) is 5.75 Å². The van der Waals surface area contributed by atoms with Crippen molar-refractivity contribution in [2.24, 2.45) is 0 Å². The standard InChI is InChI=1S/C16H13NO4/c18-13(7-8-17-12-3-1-2-4-14(12)19)11-5-6-15-16(9-11)21-10-20-15/h1-9,17,19H,10H2. The molecule has 1 aliphatic rings. The van der Waals surface area contributed by atoms with E-state index >= 15 is 0 Å². The van der Waals surface area contributed by atoms with Gasteiger partial charge in [0, 0.05) is 17.8 Å². The van der Waals surface area contributed by atoms with E-state index in [1.807, 2.05) is 0 Å². The van der Waals surface area contributed by atoms with Crippen LogP contribution in [-0.2, 0) is 0 Å². The highest BCUT2D eigenvalue weighted by Gasteiger charge is 2.14. The number of ketones is 1. The number of phenols is 1. The summed E-state index contributed by atoms with van der Waals surface area (Å²) in [6.45, 7) is 0.178. The minimum Gasteiger partial charge on any atom is -0.506 e. The summed E-state index contributed by atoms with van der Waals surface area (Å²) in [6.07, 6.45) is 2.88. The van der Waals surface area contributed by atoms with Crippen LogP contribution < -0.4 is 14.8 Å². The molecule has 0 fully saturated rings. The maximum Gasteiger partial charge on any atom is 0.231 e. The molecule has 0 bridgehead atoms. The van der Waals surface area contributed by atoms with Gasteiger partial charge in [-0.2, -0.15) is 0 Å². The third-order valence-corrected chi connectivity index (χ3v) is 3.03. The van der Waals surface area contributed by atoms with Gasteiger partial charge in [-0.15, -0.1) is 0 Å². The highest BCUT2D eigenvalue weighted by atomic mass is 16.7. The second-order valence-electron chi connectivity index (χ2n) is 4.43. The second kappa shape index (κ2) is 5.58. The topological polar surface area (TPSA) is 67.8 Å². The van der Waals surface area contributed by atoms with Crippen molar-refractivity contribution in [3.05, 3.63) is 60.3 Å². The number of carbonyl (C=O) groups excluding carboxylic acids is 1. The maximum atomic E-state index is 12.0. The largest absolute Gasteiger partial charge is 0.506 e. The van der Waals surface area contributed by atoms with Gasteiger partial charge >= 0.3 is 0 Å². The molecule has 0 saturated heterocycles. The molecule has 2 N–H and O–H groups in total. The number of phenolic OH excluding ortho intramolecular Hbond substituents is 1. The van der Waals surface area contributed by atoms with E-state index in [1.165, 1.54) is 12.3 Å². The minimum atomic E-state index is -0.170. The zero-order valence-electron chi connectivity index (χ0n) is 11.1. The van der Waals surface area contributed by atoms with E-state index in [0.717, 1.165) is 0 Å². The van der Waals surface area contributed by atoms with E-state index in [0.29, 0.717) is 22.7 Å². The smallest absolute Gasteiger partial charge is 0.231 e. The summed E-state index contributed by atoms with van der Waals surface area (Å²) in [7, 11) is 0. The molecule has 0 atom stereocenters. The molecule has 0 aliphatic carbocycles. The summed E-state index contributed by atoms with van der Waals surface area (Å²) in [5.74, 6) is 1.17. The highest BCUT2D eigenvalue weighted by Crippen LogP contribution is 2.32. The third-order valence-electron chi connectivity index (χ3n) is 3.03. The van der Waals surface area contributed by atoms with Gasteiger partial charge in [-0.1, -0.05) is 12.1 Å². The lowest BCUT2D eigenvalue weighted by atomic mass is 10.1. The number of nitrogens with one attached hydrogen (secondary N) is 1. The molecule has 0 unspecified atom stereocenters. The first-order valence-corrected chi connectivity index (χ1v) is 6.39. The van der Waals surface area contributed by atoms with Crippen LogP contribution >= 0.6 is 0 Å². The van der Waals surface area contributed by atoms with Crippen molar-refractivity contribution < 1.29 is 19.4 Å². The molecule has 1 aliphatic heterocycles. The van der Waals surface area contributed by atoms with E-state index in [4.69, 9.17) is 9.47 Å². The van der Waals surface area contributed by atoms with Crippen LogP contribution in [-0.4, -0.2) is 17.7 Å². The van der Waals surface area contributed by atoms with Gasteiger partial charge in [0.2, 0.25) is 6.79 Å². The quantitative estimate of drug-likeness (QED) is 0.513. The van der Waals surface area contributed by atoms with Crippen molar-refractivity contribution in [2.45, 2.75) is 0 Å². The number of anilines is 1. The fourth-order valence-corrected chi connectivity index (χ4v) is 1.95. The first kappa shape index (κ1) is 13.1.